The lowest BCUT2D eigenvalue weighted by Gasteiger charge is -1.96. The minimum atomic E-state index is -0.528. The summed E-state index contributed by atoms with van der Waals surface area (Å²) in [6.45, 7) is 0.221. The van der Waals surface area contributed by atoms with Crippen molar-refractivity contribution in [2.75, 3.05) is 14.2 Å². The van der Waals surface area contributed by atoms with Crippen LogP contribution in [0, 0.1) is 0 Å². The number of nitrogens with zero attached hydrogens (tertiary/aromatic N) is 1. The van der Waals surface area contributed by atoms with Gasteiger partial charge in [-0.3, -0.25) is 0 Å². The van der Waals surface area contributed by atoms with Crippen LogP contribution in [-0.2, 0) is 28.9 Å². The van der Waals surface area contributed by atoms with E-state index >= 15 is 0 Å². The van der Waals surface area contributed by atoms with Gasteiger partial charge in [0.1, 0.15) is 5.69 Å². The van der Waals surface area contributed by atoms with Gasteiger partial charge in [0.05, 0.1) is 18.6 Å². The highest BCUT2D eigenvalue weighted by atomic mass is 32.1. The van der Waals surface area contributed by atoms with E-state index in [9.17, 15) is 4.79 Å². The van der Waals surface area contributed by atoms with E-state index in [1.54, 1.807) is 18.4 Å². The van der Waals surface area contributed by atoms with Crippen LogP contribution in [-0.4, -0.2) is 25.2 Å². The number of carbonyl (C=O) groups is 1. The molecule has 0 unspecified atom stereocenters. The summed E-state index contributed by atoms with van der Waals surface area (Å²) in [5.74, 6) is 0.0645. The van der Waals surface area contributed by atoms with Gasteiger partial charge < -0.3 is 13.9 Å². The second-order valence-electron chi connectivity index (χ2n) is 4.63. The molecule has 2 aromatic rings. The lowest BCUT2D eigenvalue weighted by molar-refractivity contribution is 0.0559. The lowest BCUT2D eigenvalue weighted by Crippen LogP contribution is -2.04. The van der Waals surface area contributed by atoms with Crippen LogP contribution in [0.15, 0.2) is 10.5 Å². The highest BCUT2D eigenvalue weighted by molar-refractivity contribution is 7.15. The number of aromatic nitrogens is 1. The molecule has 0 saturated heterocycles. The Morgan fingerprint density at radius 3 is 3.00 bits per heavy atom. The molecule has 0 spiro atoms. The van der Waals surface area contributed by atoms with E-state index in [2.05, 4.69) is 11.1 Å². The number of methoxy groups -OCH3 is 2. The van der Waals surface area contributed by atoms with E-state index in [0.29, 0.717) is 11.6 Å². The Hall–Kier alpha value is -1.66. The van der Waals surface area contributed by atoms with Gasteiger partial charge in [-0.25, -0.2) is 9.78 Å². The zero-order chi connectivity index (χ0) is 14.1. The van der Waals surface area contributed by atoms with Crippen molar-refractivity contribution in [1.82, 2.24) is 4.98 Å². The first-order valence-corrected chi connectivity index (χ1v) is 7.23. The Bertz CT molecular complexity index is 622. The molecule has 2 heterocycles. The summed E-state index contributed by atoms with van der Waals surface area (Å²) in [4.78, 5) is 18.4. The van der Waals surface area contributed by atoms with E-state index in [0.717, 1.165) is 17.7 Å². The minimum absolute atomic E-state index is 0.123. The van der Waals surface area contributed by atoms with Gasteiger partial charge in [0, 0.05) is 12.0 Å². The van der Waals surface area contributed by atoms with Crippen molar-refractivity contribution in [2.24, 2.45) is 0 Å². The van der Waals surface area contributed by atoms with Gasteiger partial charge in [-0.15, -0.1) is 11.3 Å². The van der Waals surface area contributed by atoms with Crippen molar-refractivity contribution in [3.8, 4) is 10.8 Å². The molecule has 0 aliphatic heterocycles. The Morgan fingerprint density at radius 1 is 1.45 bits per heavy atom. The zero-order valence-electron chi connectivity index (χ0n) is 11.4. The zero-order valence-corrected chi connectivity index (χ0v) is 12.2. The number of thiophene rings is 1. The molecule has 0 fully saturated rings. The Morgan fingerprint density at radius 2 is 2.30 bits per heavy atom. The summed E-state index contributed by atoms with van der Waals surface area (Å²) in [5.41, 5.74) is 1.85. The Kier molecular flexibility index (Phi) is 3.58. The third-order valence-corrected chi connectivity index (χ3v) is 4.53. The van der Waals surface area contributed by atoms with Crippen LogP contribution in [0.2, 0.25) is 0 Å². The molecular formula is C14H15NO4S. The number of ether oxygens (including phenoxy) is 2. The van der Waals surface area contributed by atoms with Crippen LogP contribution in [0.5, 0.6) is 0 Å². The van der Waals surface area contributed by atoms with Crippen LogP contribution in [0.4, 0.5) is 0 Å². The van der Waals surface area contributed by atoms with E-state index in [-0.39, 0.29) is 12.4 Å². The lowest BCUT2D eigenvalue weighted by atomic mass is 10.2. The predicted octanol–water partition coefficient (Wildman–Crippen LogP) is 2.82. The maximum Gasteiger partial charge on any atom is 0.376 e. The molecule has 0 atom stereocenters. The van der Waals surface area contributed by atoms with Crippen LogP contribution in [0.3, 0.4) is 0 Å². The smallest absolute Gasteiger partial charge is 0.376 e. The summed E-state index contributed by atoms with van der Waals surface area (Å²) in [6.07, 6.45) is 3.45. The molecule has 3 rings (SSSR count). The number of hydrogen-bond acceptors (Lipinski definition) is 6. The van der Waals surface area contributed by atoms with Crippen molar-refractivity contribution in [3.05, 3.63) is 28.0 Å². The number of hydrogen-bond donors (Lipinski definition) is 0. The SMILES string of the molecule is COCc1nc(-c2cc3c(s2)CCC3)oc1C(=O)OC. The molecule has 0 aromatic carbocycles. The van der Waals surface area contributed by atoms with E-state index < -0.39 is 5.97 Å². The first kappa shape index (κ1) is 13.3. The Balaban J connectivity index is 1.98. The fourth-order valence-corrected chi connectivity index (χ4v) is 3.56. The van der Waals surface area contributed by atoms with Crippen molar-refractivity contribution in [2.45, 2.75) is 25.9 Å². The van der Waals surface area contributed by atoms with Crippen LogP contribution in [0.25, 0.3) is 10.8 Å². The molecule has 0 bridgehead atoms. The molecule has 5 nitrogen and oxygen atoms in total. The number of rotatable bonds is 4. The fraction of sp³-hybridized carbons (Fsp3) is 0.429. The molecule has 0 saturated carbocycles. The summed E-state index contributed by atoms with van der Waals surface area (Å²) < 4.78 is 15.3. The first-order chi connectivity index (χ1) is 9.72. The summed E-state index contributed by atoms with van der Waals surface area (Å²) in [7, 11) is 2.87. The molecule has 20 heavy (non-hydrogen) atoms. The molecule has 1 aliphatic rings. The normalized spacial score (nSPS) is 13.5. The highest BCUT2D eigenvalue weighted by Gasteiger charge is 2.24. The third kappa shape index (κ3) is 2.25. The molecule has 0 amide bonds. The molecular weight excluding hydrogens is 278 g/mol. The maximum atomic E-state index is 11.7. The minimum Gasteiger partial charge on any atom is -0.463 e. The summed E-state index contributed by atoms with van der Waals surface area (Å²) in [5, 5.41) is 0. The second-order valence-corrected chi connectivity index (χ2v) is 5.77. The standard InChI is InChI=1S/C14H15NO4S/c1-17-7-9-12(14(16)18-2)19-13(15-9)11-6-8-4-3-5-10(8)20-11/h6H,3-5,7H2,1-2H3. The Labute approximate surface area is 120 Å². The number of carbonyl (C=O) groups excluding carboxylic acids is 1. The third-order valence-electron chi connectivity index (χ3n) is 3.31. The molecule has 6 heteroatoms. The van der Waals surface area contributed by atoms with Crippen LogP contribution >= 0.6 is 11.3 Å². The molecule has 106 valence electrons. The monoisotopic (exact) mass is 293 g/mol. The van der Waals surface area contributed by atoms with Crippen molar-refractivity contribution in [1.29, 1.82) is 0 Å². The van der Waals surface area contributed by atoms with Crippen molar-refractivity contribution < 1.29 is 18.7 Å². The number of fused-ring (bicyclic) bond motifs is 1. The van der Waals surface area contributed by atoms with Gasteiger partial charge in [-0.05, 0) is 30.9 Å². The number of aryl methyl sites for hydroxylation is 2. The molecule has 2 aromatic heterocycles. The fourth-order valence-electron chi connectivity index (χ4n) is 2.38. The average molecular weight is 293 g/mol. The first-order valence-electron chi connectivity index (χ1n) is 6.42. The molecule has 1 aliphatic carbocycles. The van der Waals surface area contributed by atoms with E-state index in [4.69, 9.17) is 13.9 Å². The number of oxazole rings is 1. The molecule has 0 radical (unpaired) electrons. The topological polar surface area (TPSA) is 61.6 Å². The highest BCUT2D eigenvalue weighted by Crippen LogP contribution is 2.36. The van der Waals surface area contributed by atoms with Gasteiger partial charge in [-0.2, -0.15) is 0 Å². The van der Waals surface area contributed by atoms with Gasteiger partial charge in [0.25, 0.3) is 0 Å². The van der Waals surface area contributed by atoms with Crippen LogP contribution in [0.1, 0.15) is 33.1 Å². The quantitative estimate of drug-likeness (QED) is 0.811. The molecule has 0 N–H and O–H groups in total. The van der Waals surface area contributed by atoms with Crippen LogP contribution < -0.4 is 0 Å². The second kappa shape index (κ2) is 5.38. The van der Waals surface area contributed by atoms with Gasteiger partial charge >= 0.3 is 5.97 Å². The number of esters is 1. The summed E-state index contributed by atoms with van der Waals surface area (Å²) >= 11 is 1.69. The van der Waals surface area contributed by atoms with Crippen molar-refractivity contribution in [3.63, 3.8) is 0 Å². The van der Waals surface area contributed by atoms with Gasteiger partial charge in [0.2, 0.25) is 11.7 Å². The van der Waals surface area contributed by atoms with Gasteiger partial charge in [0.15, 0.2) is 0 Å². The van der Waals surface area contributed by atoms with E-state index in [1.165, 1.54) is 24.0 Å². The van der Waals surface area contributed by atoms with Gasteiger partial charge in [-0.1, -0.05) is 0 Å². The average Bonchev–Trinajstić information content (AvgIpc) is 3.10. The van der Waals surface area contributed by atoms with Crippen molar-refractivity contribution >= 4 is 17.3 Å². The van der Waals surface area contributed by atoms with E-state index in [1.807, 2.05) is 0 Å². The summed E-state index contributed by atoms with van der Waals surface area (Å²) in [6, 6.07) is 2.11. The predicted molar refractivity (Wildman–Crippen MR) is 73.9 cm³/mol. The maximum absolute atomic E-state index is 11.7. The largest absolute Gasteiger partial charge is 0.463 e.